The van der Waals surface area contributed by atoms with Crippen molar-refractivity contribution in [2.45, 2.75) is 6.92 Å². The minimum atomic E-state index is 1.11. The van der Waals surface area contributed by atoms with Gasteiger partial charge in [-0.3, -0.25) is 0 Å². The van der Waals surface area contributed by atoms with Gasteiger partial charge in [0.1, 0.15) is 0 Å². The maximum atomic E-state index is 2.37. The normalized spacial score (nSPS) is 11.6. The molecule has 1 aromatic heterocycles. The third kappa shape index (κ3) is 7.16. The summed E-state index contributed by atoms with van der Waals surface area (Å²) in [5.74, 6) is 0. The third-order valence-corrected chi connectivity index (χ3v) is 11.3. The van der Waals surface area contributed by atoms with Gasteiger partial charge in [0.25, 0.3) is 0 Å². The minimum absolute atomic E-state index is 1.11. The second kappa shape index (κ2) is 15.3. The molecule has 0 aliphatic rings. The fraction of sp³-hybridized carbons (Fsp3) is 0.0189. The first-order chi connectivity index (χ1) is 27.2. The van der Waals surface area contributed by atoms with Gasteiger partial charge in [0, 0.05) is 37.2 Å². The van der Waals surface area contributed by atoms with Crippen LogP contribution in [0.4, 0.5) is 17.1 Å². The zero-order valence-corrected chi connectivity index (χ0v) is 31.5. The summed E-state index contributed by atoms with van der Waals surface area (Å²) in [7, 11) is 0. The Morgan fingerprint density at radius 2 is 0.818 bits per heavy atom. The lowest BCUT2D eigenvalue weighted by atomic mass is 9.96. The number of thiophene rings is 1. The van der Waals surface area contributed by atoms with Gasteiger partial charge in [0.15, 0.2) is 0 Å². The summed E-state index contributed by atoms with van der Waals surface area (Å²) in [4.78, 5) is 2.31. The van der Waals surface area contributed by atoms with Crippen LogP contribution in [-0.2, 0) is 0 Å². The van der Waals surface area contributed by atoms with Crippen LogP contribution < -0.4 is 4.90 Å². The van der Waals surface area contributed by atoms with E-state index in [1.807, 2.05) is 24.3 Å². The van der Waals surface area contributed by atoms with Crippen LogP contribution in [0.25, 0.3) is 70.8 Å². The van der Waals surface area contributed by atoms with E-state index >= 15 is 0 Å². The monoisotopic (exact) mass is 721 g/mol. The van der Waals surface area contributed by atoms with Crippen LogP contribution in [0.3, 0.4) is 0 Å². The Morgan fingerprint density at radius 3 is 1.47 bits per heavy atom. The molecule has 262 valence electrons. The third-order valence-electron chi connectivity index (χ3n) is 10.2. The van der Waals surface area contributed by atoms with Crippen molar-refractivity contribution in [2.24, 2.45) is 0 Å². The van der Waals surface area contributed by atoms with Gasteiger partial charge in [0.2, 0.25) is 0 Å². The maximum Gasteiger partial charge on any atom is 0.0467 e. The summed E-state index contributed by atoms with van der Waals surface area (Å²) in [6.07, 6.45) is 8.32. The molecule has 0 saturated heterocycles. The van der Waals surface area contributed by atoms with Crippen LogP contribution in [0.15, 0.2) is 212 Å². The standard InChI is InChI=1S/C53H39NS/c1-2-3-6-13-38-14-11-21-49(34-38)54(47-19-9-5-10-20-47)48-30-26-41(27-31-48)40-22-24-42(25-23-40)43-17-12-18-44(35-43)46-29-33-53-51(37-46)50-36-45(28-32-52(50)55-53)39-15-7-4-8-16-39/h2-37H,1H3/b3-2-,13-6-. The lowest BCUT2D eigenvalue weighted by Crippen LogP contribution is -2.09. The van der Waals surface area contributed by atoms with E-state index in [4.69, 9.17) is 0 Å². The van der Waals surface area contributed by atoms with E-state index in [0.717, 1.165) is 22.6 Å². The number of rotatable bonds is 9. The number of hydrogen-bond donors (Lipinski definition) is 0. The molecule has 0 amide bonds. The summed E-state index contributed by atoms with van der Waals surface area (Å²) in [6, 6.07) is 70.4. The molecule has 9 aromatic rings. The van der Waals surface area contributed by atoms with Crippen molar-refractivity contribution >= 4 is 54.6 Å². The van der Waals surface area contributed by atoms with Crippen molar-refractivity contribution in [3.8, 4) is 44.5 Å². The maximum absolute atomic E-state index is 2.37. The Hall–Kier alpha value is -6.74. The Bertz CT molecular complexity index is 2790. The minimum Gasteiger partial charge on any atom is -0.310 e. The van der Waals surface area contributed by atoms with Crippen LogP contribution in [0.2, 0.25) is 0 Å². The highest BCUT2D eigenvalue weighted by atomic mass is 32.1. The lowest BCUT2D eigenvalue weighted by Gasteiger charge is -2.26. The van der Waals surface area contributed by atoms with E-state index in [2.05, 4.69) is 217 Å². The van der Waals surface area contributed by atoms with E-state index < -0.39 is 0 Å². The zero-order chi connectivity index (χ0) is 37.0. The highest BCUT2D eigenvalue weighted by Gasteiger charge is 2.14. The van der Waals surface area contributed by atoms with Crippen molar-refractivity contribution in [1.82, 2.24) is 0 Å². The van der Waals surface area contributed by atoms with E-state index in [0.29, 0.717) is 0 Å². The van der Waals surface area contributed by atoms with Gasteiger partial charge in [-0.15, -0.1) is 11.3 Å². The van der Waals surface area contributed by atoms with Gasteiger partial charge in [-0.25, -0.2) is 0 Å². The number of fused-ring (bicyclic) bond motifs is 3. The fourth-order valence-corrected chi connectivity index (χ4v) is 8.44. The molecule has 55 heavy (non-hydrogen) atoms. The first-order valence-electron chi connectivity index (χ1n) is 18.8. The van der Waals surface area contributed by atoms with Gasteiger partial charge in [-0.05, 0) is 124 Å². The van der Waals surface area contributed by atoms with Crippen molar-refractivity contribution in [3.05, 3.63) is 218 Å². The van der Waals surface area contributed by atoms with Crippen LogP contribution >= 0.6 is 11.3 Å². The first-order valence-corrected chi connectivity index (χ1v) is 19.6. The second-order valence-electron chi connectivity index (χ2n) is 13.7. The molecule has 0 radical (unpaired) electrons. The van der Waals surface area contributed by atoms with Crippen LogP contribution in [0.1, 0.15) is 12.5 Å². The van der Waals surface area contributed by atoms with Crippen LogP contribution in [0.5, 0.6) is 0 Å². The molecule has 0 aliphatic heterocycles. The number of anilines is 3. The molecule has 8 aromatic carbocycles. The molecule has 0 aliphatic carbocycles. The van der Waals surface area contributed by atoms with Crippen molar-refractivity contribution in [1.29, 1.82) is 0 Å². The highest BCUT2D eigenvalue weighted by Crippen LogP contribution is 2.40. The van der Waals surface area contributed by atoms with Crippen LogP contribution in [0, 0.1) is 0 Å². The predicted octanol–water partition coefficient (Wildman–Crippen LogP) is 15.8. The molecule has 0 atom stereocenters. The molecule has 0 unspecified atom stereocenters. The molecule has 0 saturated carbocycles. The molecule has 1 heterocycles. The first kappa shape index (κ1) is 34.1. The van der Waals surface area contributed by atoms with Gasteiger partial charge < -0.3 is 4.90 Å². The molecular weight excluding hydrogens is 683 g/mol. The summed E-state index contributed by atoms with van der Waals surface area (Å²) < 4.78 is 2.64. The van der Waals surface area contributed by atoms with E-state index in [1.165, 1.54) is 64.7 Å². The van der Waals surface area contributed by atoms with E-state index in [9.17, 15) is 0 Å². The Labute approximate surface area is 327 Å². The van der Waals surface area contributed by atoms with E-state index in [1.54, 1.807) is 0 Å². The fourth-order valence-electron chi connectivity index (χ4n) is 7.37. The SMILES string of the molecule is C/C=C\C=C/c1cccc(N(c2ccccc2)c2ccc(-c3ccc(-c4cccc(-c5ccc6sc7ccc(-c8ccccc8)cc7c6c5)c4)cc3)cc2)c1. The summed E-state index contributed by atoms with van der Waals surface area (Å²) in [5.41, 5.74) is 14.3. The number of para-hydroxylation sites is 1. The highest BCUT2D eigenvalue weighted by molar-refractivity contribution is 7.25. The number of nitrogens with zero attached hydrogens (tertiary/aromatic N) is 1. The zero-order valence-electron chi connectivity index (χ0n) is 30.6. The van der Waals surface area contributed by atoms with Gasteiger partial charge in [-0.2, -0.15) is 0 Å². The van der Waals surface area contributed by atoms with Gasteiger partial charge in [-0.1, -0.05) is 152 Å². The van der Waals surface area contributed by atoms with Gasteiger partial charge >= 0.3 is 0 Å². The molecule has 0 bridgehead atoms. The quantitative estimate of drug-likeness (QED) is 0.134. The predicted molar refractivity (Wildman–Crippen MR) is 240 cm³/mol. The smallest absolute Gasteiger partial charge is 0.0467 e. The van der Waals surface area contributed by atoms with E-state index in [-0.39, 0.29) is 0 Å². The molecule has 0 N–H and O–H groups in total. The molecular formula is C53H39NS. The Kier molecular flexibility index (Phi) is 9.48. The van der Waals surface area contributed by atoms with Crippen LogP contribution in [-0.4, -0.2) is 0 Å². The average Bonchev–Trinajstić information content (AvgIpc) is 3.62. The van der Waals surface area contributed by atoms with Crippen molar-refractivity contribution in [3.63, 3.8) is 0 Å². The number of allylic oxidation sites excluding steroid dienone is 3. The Balaban J connectivity index is 0.977. The second-order valence-corrected chi connectivity index (χ2v) is 14.8. The summed E-state index contributed by atoms with van der Waals surface area (Å²) in [6.45, 7) is 2.03. The Morgan fingerprint density at radius 1 is 0.364 bits per heavy atom. The largest absolute Gasteiger partial charge is 0.310 e. The summed E-state index contributed by atoms with van der Waals surface area (Å²) >= 11 is 1.87. The molecule has 0 spiro atoms. The molecule has 9 rings (SSSR count). The number of hydrogen-bond acceptors (Lipinski definition) is 2. The molecule has 0 fully saturated rings. The molecule has 1 nitrogen and oxygen atoms in total. The lowest BCUT2D eigenvalue weighted by molar-refractivity contribution is 1.28. The van der Waals surface area contributed by atoms with Crippen molar-refractivity contribution in [2.75, 3.05) is 4.90 Å². The topological polar surface area (TPSA) is 3.24 Å². The number of benzene rings is 8. The molecule has 2 heteroatoms. The summed E-state index contributed by atoms with van der Waals surface area (Å²) in [5, 5.41) is 2.63. The van der Waals surface area contributed by atoms with Crippen molar-refractivity contribution < 1.29 is 0 Å². The van der Waals surface area contributed by atoms with Gasteiger partial charge in [0.05, 0.1) is 0 Å². The average molecular weight is 722 g/mol.